The highest BCUT2D eigenvalue weighted by molar-refractivity contribution is 6.33. The quantitative estimate of drug-likeness (QED) is 0.566. The van der Waals surface area contributed by atoms with Crippen LogP contribution in [0.1, 0.15) is 50.5 Å². The van der Waals surface area contributed by atoms with Gasteiger partial charge in [-0.3, -0.25) is 14.9 Å². The van der Waals surface area contributed by atoms with Gasteiger partial charge in [-0.15, -0.1) is 0 Å². The van der Waals surface area contributed by atoms with E-state index in [0.29, 0.717) is 42.8 Å². The van der Waals surface area contributed by atoms with E-state index >= 15 is 0 Å². The first-order chi connectivity index (χ1) is 15.1. The highest BCUT2D eigenvalue weighted by Gasteiger charge is 2.31. The second-order valence-electron chi connectivity index (χ2n) is 8.27. The first kappa shape index (κ1) is 21.9. The SMILES string of the molecule is O=C1CN2Cc3c(ccc(OCCCCC(=O)N(CCO)C4CCCC4)c3Cl)N=C2N1. The molecule has 2 N–H and O–H groups in total. The molecule has 0 radical (unpaired) electrons. The lowest BCUT2D eigenvalue weighted by molar-refractivity contribution is -0.134. The third-order valence-electron chi connectivity index (χ3n) is 6.11. The van der Waals surface area contributed by atoms with E-state index < -0.39 is 0 Å². The van der Waals surface area contributed by atoms with Gasteiger partial charge in [0.15, 0.2) is 0 Å². The highest BCUT2D eigenvalue weighted by atomic mass is 35.5. The molecule has 2 amide bonds. The average molecular weight is 449 g/mol. The van der Waals surface area contributed by atoms with Crippen molar-refractivity contribution in [1.29, 1.82) is 0 Å². The Bertz CT molecular complexity index is 869. The van der Waals surface area contributed by atoms with Crippen LogP contribution in [0.4, 0.5) is 5.69 Å². The van der Waals surface area contributed by atoms with Gasteiger partial charge in [-0.1, -0.05) is 24.4 Å². The average Bonchev–Trinajstić information content (AvgIpc) is 3.40. The Balaban J connectivity index is 1.26. The molecule has 4 rings (SSSR count). The number of carbonyl (C=O) groups is 2. The van der Waals surface area contributed by atoms with Gasteiger partial charge in [0, 0.05) is 24.6 Å². The Labute approximate surface area is 187 Å². The second-order valence-corrected chi connectivity index (χ2v) is 8.65. The van der Waals surface area contributed by atoms with Gasteiger partial charge in [0.25, 0.3) is 0 Å². The van der Waals surface area contributed by atoms with Crippen molar-refractivity contribution in [2.75, 3.05) is 26.3 Å². The van der Waals surface area contributed by atoms with E-state index in [1.807, 2.05) is 15.9 Å². The van der Waals surface area contributed by atoms with Crippen LogP contribution in [0.5, 0.6) is 5.75 Å². The summed E-state index contributed by atoms with van der Waals surface area (Å²) in [6, 6.07) is 3.93. The third kappa shape index (κ3) is 4.96. The van der Waals surface area contributed by atoms with Gasteiger partial charge in [-0.2, -0.15) is 0 Å². The van der Waals surface area contributed by atoms with Gasteiger partial charge in [-0.25, -0.2) is 4.99 Å². The first-order valence-corrected chi connectivity index (χ1v) is 11.4. The maximum atomic E-state index is 12.6. The maximum Gasteiger partial charge on any atom is 0.246 e. The molecule has 2 aliphatic heterocycles. The number of guanidine groups is 1. The molecule has 2 heterocycles. The van der Waals surface area contributed by atoms with Crippen LogP contribution in [0.3, 0.4) is 0 Å². The van der Waals surface area contributed by atoms with Crippen LogP contribution < -0.4 is 10.1 Å². The molecule has 0 aromatic heterocycles. The Hall–Kier alpha value is -2.32. The summed E-state index contributed by atoms with van der Waals surface area (Å²) in [5.74, 6) is 1.21. The van der Waals surface area contributed by atoms with E-state index in [0.717, 1.165) is 49.8 Å². The zero-order valence-electron chi connectivity index (χ0n) is 17.6. The molecule has 3 aliphatic rings. The Kier molecular flexibility index (Phi) is 6.97. The number of aliphatic hydroxyl groups excluding tert-OH is 1. The van der Waals surface area contributed by atoms with Gasteiger partial charge >= 0.3 is 0 Å². The fourth-order valence-corrected chi connectivity index (χ4v) is 4.79. The van der Waals surface area contributed by atoms with Crippen LogP contribution in [0.25, 0.3) is 0 Å². The molecule has 1 aliphatic carbocycles. The van der Waals surface area contributed by atoms with Crippen molar-refractivity contribution in [3.8, 4) is 5.75 Å². The molecule has 1 aromatic carbocycles. The smallest absolute Gasteiger partial charge is 0.246 e. The van der Waals surface area contributed by atoms with Gasteiger partial charge in [0.1, 0.15) is 12.3 Å². The first-order valence-electron chi connectivity index (χ1n) is 11.0. The minimum Gasteiger partial charge on any atom is -0.492 e. The molecule has 168 valence electrons. The van der Waals surface area contributed by atoms with Gasteiger partial charge in [-0.05, 0) is 37.8 Å². The van der Waals surface area contributed by atoms with E-state index in [1.165, 1.54) is 0 Å². The monoisotopic (exact) mass is 448 g/mol. The van der Waals surface area contributed by atoms with Crippen molar-refractivity contribution < 1.29 is 19.4 Å². The lowest BCUT2D eigenvalue weighted by Gasteiger charge is -2.28. The fourth-order valence-electron chi connectivity index (χ4n) is 4.52. The summed E-state index contributed by atoms with van der Waals surface area (Å²) in [5.41, 5.74) is 1.60. The number of carbonyl (C=O) groups excluding carboxylic acids is 2. The Morgan fingerprint density at radius 1 is 1.29 bits per heavy atom. The molecular weight excluding hydrogens is 420 g/mol. The van der Waals surface area contributed by atoms with E-state index in [1.54, 1.807) is 6.07 Å². The van der Waals surface area contributed by atoms with E-state index in [2.05, 4.69) is 10.3 Å². The number of benzene rings is 1. The largest absolute Gasteiger partial charge is 0.492 e. The third-order valence-corrected chi connectivity index (χ3v) is 6.53. The standard InChI is InChI=1S/C22H29ClN4O4/c23-21-16-13-26-14-19(29)25-22(26)24-17(16)8-9-18(21)31-12-4-3-7-20(30)27(10-11-28)15-5-1-2-6-15/h8-9,15,28H,1-7,10-14H2,(H,24,25,29). The van der Waals surface area contributed by atoms with Gasteiger partial charge in [0.2, 0.25) is 17.8 Å². The maximum absolute atomic E-state index is 12.6. The van der Waals surface area contributed by atoms with E-state index in [9.17, 15) is 14.7 Å². The number of rotatable bonds is 9. The number of unbranched alkanes of at least 4 members (excludes halogenated alkanes) is 1. The summed E-state index contributed by atoms with van der Waals surface area (Å²) in [4.78, 5) is 32.4. The summed E-state index contributed by atoms with van der Waals surface area (Å²) < 4.78 is 5.88. The molecule has 8 nitrogen and oxygen atoms in total. The van der Waals surface area contributed by atoms with Crippen LogP contribution in [-0.4, -0.2) is 65.0 Å². The van der Waals surface area contributed by atoms with E-state index in [4.69, 9.17) is 16.3 Å². The topological polar surface area (TPSA) is 94.5 Å². The summed E-state index contributed by atoms with van der Waals surface area (Å²) in [5, 5.41) is 12.6. The van der Waals surface area contributed by atoms with Crippen LogP contribution in [0.2, 0.25) is 5.02 Å². The number of nitrogens with zero attached hydrogens (tertiary/aromatic N) is 3. The number of aliphatic hydroxyl groups is 1. The highest BCUT2D eigenvalue weighted by Crippen LogP contribution is 2.38. The lowest BCUT2D eigenvalue weighted by Crippen LogP contribution is -2.40. The predicted octanol–water partition coefficient (Wildman–Crippen LogP) is 2.59. The number of fused-ring (bicyclic) bond motifs is 2. The molecule has 31 heavy (non-hydrogen) atoms. The molecular formula is C22H29ClN4O4. The van der Waals surface area contributed by atoms with Crippen LogP contribution in [-0.2, 0) is 16.1 Å². The molecule has 0 spiro atoms. The fraction of sp³-hybridized carbons (Fsp3) is 0.591. The molecule has 9 heteroatoms. The van der Waals surface area contributed by atoms with Crippen molar-refractivity contribution in [2.24, 2.45) is 4.99 Å². The van der Waals surface area contributed by atoms with Crippen LogP contribution in [0, 0.1) is 0 Å². The lowest BCUT2D eigenvalue weighted by atomic mass is 10.1. The molecule has 1 saturated heterocycles. The number of halogens is 1. The van der Waals surface area contributed by atoms with E-state index in [-0.39, 0.29) is 31.0 Å². The van der Waals surface area contributed by atoms with Crippen molar-refractivity contribution in [2.45, 2.75) is 57.5 Å². The predicted molar refractivity (Wildman–Crippen MR) is 118 cm³/mol. The Morgan fingerprint density at radius 2 is 2.10 bits per heavy atom. The van der Waals surface area contributed by atoms with Crippen molar-refractivity contribution in [1.82, 2.24) is 15.1 Å². The zero-order chi connectivity index (χ0) is 21.8. The summed E-state index contributed by atoms with van der Waals surface area (Å²) in [6.45, 7) is 1.69. The zero-order valence-corrected chi connectivity index (χ0v) is 18.4. The second kappa shape index (κ2) is 9.87. The number of aliphatic imine (C=N–C) groups is 1. The number of hydrogen-bond donors (Lipinski definition) is 2. The number of amides is 2. The van der Waals surface area contributed by atoms with Crippen LogP contribution in [0.15, 0.2) is 17.1 Å². The molecule has 0 atom stereocenters. The molecule has 0 unspecified atom stereocenters. The van der Waals surface area contributed by atoms with Crippen molar-refractivity contribution in [3.05, 3.63) is 22.7 Å². The van der Waals surface area contributed by atoms with Crippen molar-refractivity contribution >= 4 is 35.1 Å². The summed E-state index contributed by atoms with van der Waals surface area (Å²) >= 11 is 6.56. The minimum absolute atomic E-state index is 0.00929. The van der Waals surface area contributed by atoms with Crippen LogP contribution >= 0.6 is 11.6 Å². The summed E-state index contributed by atoms with van der Waals surface area (Å²) in [6.07, 6.45) is 6.33. The molecule has 1 aromatic rings. The number of nitrogens with one attached hydrogen (secondary N) is 1. The van der Waals surface area contributed by atoms with Gasteiger partial charge in [0.05, 0.1) is 30.5 Å². The number of hydrogen-bond acceptors (Lipinski definition) is 6. The van der Waals surface area contributed by atoms with Gasteiger partial charge < -0.3 is 19.6 Å². The minimum atomic E-state index is -0.0702. The normalized spacial score (nSPS) is 17.8. The Morgan fingerprint density at radius 3 is 2.87 bits per heavy atom. The summed E-state index contributed by atoms with van der Waals surface area (Å²) in [7, 11) is 0. The molecule has 1 saturated carbocycles. The van der Waals surface area contributed by atoms with Crippen molar-refractivity contribution in [3.63, 3.8) is 0 Å². The molecule has 2 fully saturated rings. The number of ether oxygens (including phenoxy) is 1. The molecule has 0 bridgehead atoms.